The first kappa shape index (κ1) is 27.8. The van der Waals surface area contributed by atoms with E-state index in [1.54, 1.807) is 7.11 Å². The summed E-state index contributed by atoms with van der Waals surface area (Å²) < 4.78 is 12.0. The predicted octanol–water partition coefficient (Wildman–Crippen LogP) is 1.71. The Morgan fingerprint density at radius 1 is 1.05 bits per heavy atom. The molecule has 3 saturated heterocycles. The number of nitriles is 1. The molecule has 0 bridgehead atoms. The summed E-state index contributed by atoms with van der Waals surface area (Å²) in [5.41, 5.74) is 5.89. The predicted molar refractivity (Wildman–Crippen MR) is 166 cm³/mol. The lowest BCUT2D eigenvalue weighted by Crippen LogP contribution is -2.54. The Morgan fingerprint density at radius 2 is 1.88 bits per heavy atom. The molecule has 3 aromatic rings. The quantitative estimate of drug-likeness (QED) is 0.424. The van der Waals surface area contributed by atoms with Gasteiger partial charge in [0.05, 0.1) is 41.3 Å². The molecule has 3 atom stereocenters. The molecule has 3 aliphatic rings. The number of ether oxygens (including phenoxy) is 2. The second-order valence-corrected chi connectivity index (χ2v) is 11.8. The van der Waals surface area contributed by atoms with Crippen LogP contribution in [0, 0.1) is 18.3 Å². The zero-order chi connectivity index (χ0) is 28.5. The SMILES string of the molecule is Bc1ccc2c(N3C[C@H](CN4CCN(c5ncc(N6CC[C@H](OC)C6)cc5C)CC4)O[C@H](C)C3)ccc(C#N)c2n1. The Kier molecular flexibility index (Phi) is 8.02. The van der Waals surface area contributed by atoms with E-state index in [-0.39, 0.29) is 12.2 Å². The first-order chi connectivity index (χ1) is 19.9. The average molecular weight is 554 g/mol. The van der Waals surface area contributed by atoms with Gasteiger partial charge in [0, 0.05) is 77.1 Å². The van der Waals surface area contributed by atoms with Gasteiger partial charge in [-0.3, -0.25) is 9.88 Å². The molecule has 0 radical (unpaired) electrons. The van der Waals surface area contributed by atoms with E-state index in [1.807, 2.05) is 26.2 Å². The fourth-order valence-electron chi connectivity index (χ4n) is 6.65. The van der Waals surface area contributed by atoms with Gasteiger partial charge in [-0.2, -0.15) is 5.26 Å². The van der Waals surface area contributed by atoms with Crippen LogP contribution < -0.4 is 20.3 Å². The Morgan fingerprint density at radius 3 is 2.61 bits per heavy atom. The second kappa shape index (κ2) is 11.8. The summed E-state index contributed by atoms with van der Waals surface area (Å²) in [6.45, 7) is 12.7. The topological polar surface area (TPSA) is 81.0 Å². The van der Waals surface area contributed by atoms with Gasteiger partial charge in [0.25, 0.3) is 0 Å². The summed E-state index contributed by atoms with van der Waals surface area (Å²) in [5.74, 6) is 1.10. The number of piperazine rings is 1. The normalized spacial score (nSPS) is 23.8. The monoisotopic (exact) mass is 553 g/mol. The van der Waals surface area contributed by atoms with Gasteiger partial charge < -0.3 is 24.2 Å². The van der Waals surface area contributed by atoms with E-state index in [1.165, 1.54) is 11.3 Å². The maximum absolute atomic E-state index is 9.63. The van der Waals surface area contributed by atoms with Crippen LogP contribution in [0.2, 0.25) is 0 Å². The molecule has 10 heteroatoms. The molecule has 3 fully saturated rings. The lowest BCUT2D eigenvalue weighted by Gasteiger charge is -2.42. The number of rotatable bonds is 6. The molecule has 0 aliphatic carbocycles. The summed E-state index contributed by atoms with van der Waals surface area (Å²) in [4.78, 5) is 19.3. The molecule has 0 spiro atoms. The molecule has 214 valence electrons. The van der Waals surface area contributed by atoms with Gasteiger partial charge in [0.15, 0.2) is 7.85 Å². The number of aryl methyl sites for hydroxylation is 1. The molecule has 0 unspecified atom stereocenters. The van der Waals surface area contributed by atoms with Crippen LogP contribution in [0.3, 0.4) is 0 Å². The van der Waals surface area contributed by atoms with Gasteiger partial charge in [0.1, 0.15) is 11.9 Å². The molecule has 41 heavy (non-hydrogen) atoms. The number of benzene rings is 1. The largest absolute Gasteiger partial charge is 0.380 e. The average Bonchev–Trinajstić information content (AvgIpc) is 3.46. The van der Waals surface area contributed by atoms with Gasteiger partial charge in [-0.1, -0.05) is 6.07 Å². The highest BCUT2D eigenvalue weighted by molar-refractivity contribution is 6.31. The zero-order valence-corrected chi connectivity index (χ0v) is 24.7. The third kappa shape index (κ3) is 5.85. The van der Waals surface area contributed by atoms with E-state index in [2.05, 4.69) is 57.7 Å². The van der Waals surface area contributed by atoms with Gasteiger partial charge >= 0.3 is 0 Å². The minimum Gasteiger partial charge on any atom is -0.380 e. The standard InChI is InChI=1S/C31H40BN7O2/c1-21-14-24(38-9-8-25(19-38)40-3)16-34-31(21)37-12-10-36(11-13-37)18-26-20-39(17-22(2)41-26)28-6-4-23(15-33)30-27(28)5-7-29(32)35-30/h4-7,14,16,22,25-26H,8-13,17-20,32H2,1-3H3/t22-,25+,26+/m1/s1. The highest BCUT2D eigenvalue weighted by atomic mass is 16.5. The Balaban J connectivity index is 1.08. The molecule has 2 aromatic heterocycles. The van der Waals surface area contributed by atoms with Gasteiger partial charge in [-0.25, -0.2) is 4.98 Å². The highest BCUT2D eigenvalue weighted by Gasteiger charge is 2.30. The zero-order valence-electron chi connectivity index (χ0n) is 24.7. The summed E-state index contributed by atoms with van der Waals surface area (Å²) >= 11 is 0. The van der Waals surface area contributed by atoms with Crippen molar-refractivity contribution in [3.05, 3.63) is 47.7 Å². The molecule has 0 saturated carbocycles. The van der Waals surface area contributed by atoms with E-state index in [0.717, 1.165) is 93.3 Å². The van der Waals surface area contributed by atoms with Crippen molar-refractivity contribution in [2.45, 2.75) is 38.6 Å². The minimum absolute atomic E-state index is 0.116. The summed E-state index contributed by atoms with van der Waals surface area (Å²) in [6, 6.07) is 12.7. The van der Waals surface area contributed by atoms with Crippen LogP contribution in [0.5, 0.6) is 0 Å². The fourth-order valence-corrected chi connectivity index (χ4v) is 6.65. The molecule has 5 heterocycles. The first-order valence-corrected chi connectivity index (χ1v) is 14.8. The number of fused-ring (bicyclic) bond motifs is 1. The second-order valence-electron chi connectivity index (χ2n) is 11.8. The molecular formula is C31H40BN7O2. The van der Waals surface area contributed by atoms with Crippen molar-refractivity contribution in [2.75, 3.05) is 80.7 Å². The van der Waals surface area contributed by atoms with E-state index in [9.17, 15) is 5.26 Å². The summed E-state index contributed by atoms with van der Waals surface area (Å²) in [7, 11) is 3.77. The number of morpholine rings is 1. The molecular weight excluding hydrogens is 513 g/mol. The molecule has 3 aliphatic heterocycles. The highest BCUT2D eigenvalue weighted by Crippen LogP contribution is 2.31. The maximum Gasteiger partial charge on any atom is 0.163 e. The fraction of sp³-hybridized carbons (Fsp3) is 0.516. The van der Waals surface area contributed by atoms with Crippen LogP contribution >= 0.6 is 0 Å². The maximum atomic E-state index is 9.63. The van der Waals surface area contributed by atoms with Gasteiger partial charge in [0.2, 0.25) is 0 Å². The summed E-state index contributed by atoms with van der Waals surface area (Å²) in [6.07, 6.45) is 3.66. The smallest absolute Gasteiger partial charge is 0.163 e. The Bertz CT molecular complexity index is 1440. The third-order valence-electron chi connectivity index (χ3n) is 8.77. The van der Waals surface area contributed by atoms with Crippen LogP contribution in [0.4, 0.5) is 17.2 Å². The Hall–Kier alpha value is -3.39. The molecule has 0 N–H and O–H groups in total. The van der Waals surface area contributed by atoms with E-state index in [0.29, 0.717) is 11.7 Å². The lowest BCUT2D eigenvalue weighted by molar-refractivity contribution is -0.0327. The number of nitrogens with zero attached hydrogens (tertiary/aromatic N) is 7. The number of anilines is 3. The summed E-state index contributed by atoms with van der Waals surface area (Å²) in [5, 5.41) is 10.7. The molecule has 0 amide bonds. The van der Waals surface area contributed by atoms with E-state index >= 15 is 0 Å². The Labute approximate surface area is 244 Å². The van der Waals surface area contributed by atoms with Crippen LogP contribution in [0.1, 0.15) is 24.5 Å². The number of aromatic nitrogens is 2. The van der Waals surface area contributed by atoms with E-state index in [4.69, 9.17) is 19.4 Å². The lowest BCUT2D eigenvalue weighted by atomic mass is 10.00. The number of pyridine rings is 2. The molecule has 1 aromatic carbocycles. The number of hydrogen-bond acceptors (Lipinski definition) is 9. The minimum atomic E-state index is 0.116. The van der Waals surface area contributed by atoms with Crippen molar-refractivity contribution >= 4 is 41.5 Å². The van der Waals surface area contributed by atoms with Gasteiger partial charge in [-0.05, 0) is 55.7 Å². The van der Waals surface area contributed by atoms with Crippen molar-refractivity contribution in [2.24, 2.45) is 0 Å². The van der Waals surface area contributed by atoms with E-state index < -0.39 is 0 Å². The van der Waals surface area contributed by atoms with Crippen molar-refractivity contribution in [1.82, 2.24) is 14.9 Å². The van der Waals surface area contributed by atoms with Crippen molar-refractivity contribution < 1.29 is 9.47 Å². The van der Waals surface area contributed by atoms with Crippen LogP contribution in [0.15, 0.2) is 36.5 Å². The van der Waals surface area contributed by atoms with Crippen LogP contribution in [0.25, 0.3) is 10.9 Å². The molecule has 9 nitrogen and oxygen atoms in total. The first-order valence-electron chi connectivity index (χ1n) is 14.8. The van der Waals surface area contributed by atoms with Crippen LogP contribution in [-0.4, -0.2) is 107 Å². The number of methoxy groups -OCH3 is 1. The molecule has 6 rings (SSSR count). The van der Waals surface area contributed by atoms with Crippen molar-refractivity contribution in [3.63, 3.8) is 0 Å². The van der Waals surface area contributed by atoms with Crippen LogP contribution in [-0.2, 0) is 9.47 Å². The number of hydrogen-bond donors (Lipinski definition) is 0. The van der Waals surface area contributed by atoms with Crippen molar-refractivity contribution in [3.8, 4) is 6.07 Å². The third-order valence-corrected chi connectivity index (χ3v) is 8.77. The van der Waals surface area contributed by atoms with Gasteiger partial charge in [-0.15, -0.1) is 0 Å². The van der Waals surface area contributed by atoms with Crippen molar-refractivity contribution in [1.29, 1.82) is 5.26 Å².